The minimum atomic E-state index is -3.55. The zero-order valence-electron chi connectivity index (χ0n) is 11.0. The topological polar surface area (TPSA) is 90.2 Å². The van der Waals surface area contributed by atoms with Crippen LogP contribution in [-0.4, -0.2) is 26.2 Å². The summed E-state index contributed by atoms with van der Waals surface area (Å²) in [5.74, 6) is 0. The Bertz CT molecular complexity index is 574. The first kappa shape index (κ1) is 15.6. The van der Waals surface area contributed by atoms with E-state index >= 15 is 0 Å². The Morgan fingerprint density at radius 2 is 2.16 bits per heavy atom. The Labute approximate surface area is 113 Å². The van der Waals surface area contributed by atoms with Gasteiger partial charge in [-0.3, -0.25) is 0 Å². The summed E-state index contributed by atoms with van der Waals surface area (Å²) in [5.41, 5.74) is 0.979. The molecule has 1 rings (SSSR count). The Morgan fingerprint density at radius 1 is 1.47 bits per heavy atom. The summed E-state index contributed by atoms with van der Waals surface area (Å²) in [6.07, 6.45) is 0.697. The lowest BCUT2D eigenvalue weighted by Gasteiger charge is -2.10. The van der Waals surface area contributed by atoms with E-state index in [4.69, 9.17) is 10.4 Å². The lowest BCUT2D eigenvalue weighted by atomic mass is 10.2. The van der Waals surface area contributed by atoms with Gasteiger partial charge in [-0.25, -0.2) is 13.1 Å². The van der Waals surface area contributed by atoms with Gasteiger partial charge in [-0.15, -0.1) is 0 Å². The van der Waals surface area contributed by atoms with E-state index in [-0.39, 0.29) is 11.4 Å². The third kappa shape index (κ3) is 4.63. The van der Waals surface area contributed by atoms with Crippen molar-refractivity contribution in [2.45, 2.75) is 37.7 Å². The average Bonchev–Trinajstić information content (AvgIpc) is 2.34. The maximum absolute atomic E-state index is 12.0. The SMILES string of the molecule is Cc1cc(C#N)ccc1S(=O)(=O)NCCCC(C)O. The molecule has 0 bridgehead atoms. The molecule has 0 aliphatic carbocycles. The van der Waals surface area contributed by atoms with E-state index in [1.165, 1.54) is 12.1 Å². The van der Waals surface area contributed by atoms with Gasteiger partial charge in [0.05, 0.1) is 22.6 Å². The maximum atomic E-state index is 12.0. The first-order valence-corrected chi connectivity index (χ1v) is 7.53. The molecule has 2 N–H and O–H groups in total. The molecule has 6 heteroatoms. The Balaban J connectivity index is 2.75. The second-order valence-electron chi connectivity index (χ2n) is 4.48. The largest absolute Gasteiger partial charge is 0.393 e. The van der Waals surface area contributed by atoms with Gasteiger partial charge in [-0.1, -0.05) is 0 Å². The molecule has 0 aromatic heterocycles. The summed E-state index contributed by atoms with van der Waals surface area (Å²) < 4.78 is 26.6. The van der Waals surface area contributed by atoms with Gasteiger partial charge in [0.2, 0.25) is 10.0 Å². The minimum absolute atomic E-state index is 0.184. The van der Waals surface area contributed by atoms with Gasteiger partial charge in [0.15, 0.2) is 0 Å². The highest BCUT2D eigenvalue weighted by atomic mass is 32.2. The lowest BCUT2D eigenvalue weighted by Crippen LogP contribution is -2.26. The van der Waals surface area contributed by atoms with Crippen molar-refractivity contribution in [3.8, 4) is 6.07 Å². The van der Waals surface area contributed by atoms with Crippen LogP contribution in [0.2, 0.25) is 0 Å². The number of aliphatic hydroxyl groups excluding tert-OH is 1. The highest BCUT2D eigenvalue weighted by molar-refractivity contribution is 7.89. The molecule has 19 heavy (non-hydrogen) atoms. The molecule has 5 nitrogen and oxygen atoms in total. The quantitative estimate of drug-likeness (QED) is 0.770. The van der Waals surface area contributed by atoms with E-state index < -0.39 is 16.1 Å². The van der Waals surface area contributed by atoms with Crippen LogP contribution in [0.4, 0.5) is 0 Å². The van der Waals surface area contributed by atoms with Gasteiger partial charge >= 0.3 is 0 Å². The van der Waals surface area contributed by atoms with Crippen LogP contribution in [0.15, 0.2) is 23.1 Å². The Morgan fingerprint density at radius 3 is 2.68 bits per heavy atom. The number of benzene rings is 1. The number of sulfonamides is 1. The van der Waals surface area contributed by atoms with E-state index in [0.717, 1.165) is 0 Å². The standard InChI is InChI=1S/C13H18N2O3S/c1-10-8-12(9-14)5-6-13(10)19(17,18)15-7-3-4-11(2)16/h5-6,8,11,15-16H,3-4,7H2,1-2H3. The fourth-order valence-electron chi connectivity index (χ4n) is 1.70. The summed E-state index contributed by atoms with van der Waals surface area (Å²) in [4.78, 5) is 0.184. The molecule has 0 aliphatic heterocycles. The van der Waals surface area contributed by atoms with Gasteiger partial charge < -0.3 is 5.11 Å². The lowest BCUT2D eigenvalue weighted by molar-refractivity contribution is 0.182. The van der Waals surface area contributed by atoms with Gasteiger partial charge in [0.1, 0.15) is 0 Å². The molecule has 0 fully saturated rings. The van der Waals surface area contributed by atoms with Crippen molar-refractivity contribution >= 4 is 10.0 Å². The van der Waals surface area contributed by atoms with Crippen molar-refractivity contribution in [1.29, 1.82) is 5.26 Å². The van der Waals surface area contributed by atoms with Crippen LogP contribution in [0, 0.1) is 18.3 Å². The van der Waals surface area contributed by atoms with Crippen LogP contribution in [0.25, 0.3) is 0 Å². The number of aryl methyl sites for hydroxylation is 1. The first-order chi connectivity index (χ1) is 8.86. The summed E-state index contributed by atoms with van der Waals surface area (Å²) >= 11 is 0. The molecule has 1 aromatic rings. The number of aliphatic hydroxyl groups is 1. The number of nitrogens with zero attached hydrogens (tertiary/aromatic N) is 1. The van der Waals surface area contributed by atoms with Crippen molar-refractivity contribution in [1.82, 2.24) is 4.72 Å². The minimum Gasteiger partial charge on any atom is -0.393 e. The van der Waals surface area contributed by atoms with Gasteiger partial charge in [-0.2, -0.15) is 5.26 Å². The van der Waals surface area contributed by atoms with E-state index in [9.17, 15) is 8.42 Å². The fraction of sp³-hybridized carbons (Fsp3) is 0.462. The average molecular weight is 282 g/mol. The van der Waals surface area contributed by atoms with Crippen LogP contribution >= 0.6 is 0 Å². The smallest absolute Gasteiger partial charge is 0.240 e. The molecule has 0 saturated carbocycles. The second-order valence-corrected chi connectivity index (χ2v) is 6.22. The van der Waals surface area contributed by atoms with Crippen LogP contribution < -0.4 is 4.72 Å². The molecule has 0 aliphatic rings. The first-order valence-electron chi connectivity index (χ1n) is 6.05. The molecule has 0 heterocycles. The van der Waals surface area contributed by atoms with Crippen molar-refractivity contribution < 1.29 is 13.5 Å². The van der Waals surface area contributed by atoms with Crippen LogP contribution in [0.3, 0.4) is 0 Å². The van der Waals surface area contributed by atoms with Crippen molar-refractivity contribution in [2.75, 3.05) is 6.54 Å². The maximum Gasteiger partial charge on any atom is 0.240 e. The molecule has 1 atom stereocenters. The Kier molecular flexibility index (Phi) is 5.48. The van der Waals surface area contributed by atoms with Gasteiger partial charge in [-0.05, 0) is 50.5 Å². The van der Waals surface area contributed by atoms with Gasteiger partial charge in [0.25, 0.3) is 0 Å². The van der Waals surface area contributed by atoms with Gasteiger partial charge in [0, 0.05) is 6.54 Å². The van der Waals surface area contributed by atoms with Crippen molar-refractivity contribution in [3.63, 3.8) is 0 Å². The molecular formula is C13H18N2O3S. The number of hydrogen-bond acceptors (Lipinski definition) is 4. The summed E-state index contributed by atoms with van der Waals surface area (Å²) in [5, 5.41) is 17.8. The zero-order chi connectivity index (χ0) is 14.5. The highest BCUT2D eigenvalue weighted by Gasteiger charge is 2.16. The van der Waals surface area contributed by atoms with E-state index in [1.54, 1.807) is 19.9 Å². The zero-order valence-corrected chi connectivity index (χ0v) is 11.9. The predicted octanol–water partition coefficient (Wildman–Crippen LogP) is 1.31. The van der Waals surface area contributed by atoms with E-state index in [1.807, 2.05) is 6.07 Å². The summed E-state index contributed by atoms with van der Waals surface area (Å²) in [6.45, 7) is 3.61. The second kappa shape index (κ2) is 6.66. The Hall–Kier alpha value is -1.42. The molecule has 0 saturated heterocycles. The molecule has 1 unspecified atom stereocenters. The molecular weight excluding hydrogens is 264 g/mol. The molecule has 0 amide bonds. The third-order valence-electron chi connectivity index (χ3n) is 2.68. The van der Waals surface area contributed by atoms with Crippen molar-refractivity contribution in [3.05, 3.63) is 29.3 Å². The third-order valence-corrected chi connectivity index (χ3v) is 4.31. The molecule has 0 radical (unpaired) electrons. The molecule has 0 spiro atoms. The molecule has 1 aromatic carbocycles. The number of rotatable bonds is 6. The van der Waals surface area contributed by atoms with Crippen LogP contribution in [0.1, 0.15) is 30.9 Å². The van der Waals surface area contributed by atoms with Crippen LogP contribution in [-0.2, 0) is 10.0 Å². The van der Waals surface area contributed by atoms with E-state index in [2.05, 4.69) is 4.72 Å². The molecule has 104 valence electrons. The number of nitrogens with one attached hydrogen (secondary N) is 1. The highest BCUT2D eigenvalue weighted by Crippen LogP contribution is 2.16. The normalized spacial score (nSPS) is 12.9. The monoisotopic (exact) mass is 282 g/mol. The van der Waals surface area contributed by atoms with Crippen LogP contribution in [0.5, 0.6) is 0 Å². The summed E-state index contributed by atoms with van der Waals surface area (Å²) in [6, 6.07) is 6.43. The predicted molar refractivity (Wildman–Crippen MR) is 72.0 cm³/mol. The number of hydrogen-bond donors (Lipinski definition) is 2. The van der Waals surface area contributed by atoms with E-state index in [0.29, 0.717) is 24.0 Å². The summed E-state index contributed by atoms with van der Waals surface area (Å²) in [7, 11) is -3.55. The fourth-order valence-corrected chi connectivity index (χ4v) is 3.00. The number of nitriles is 1. The van der Waals surface area contributed by atoms with Crippen molar-refractivity contribution in [2.24, 2.45) is 0 Å².